The predicted molar refractivity (Wildman–Crippen MR) is 120 cm³/mol. The number of esters is 1. The molecule has 0 aromatic heterocycles. The molecule has 0 atom stereocenters. The first-order chi connectivity index (χ1) is 15.2. The SMILES string of the molecule is CCN(CC)S(=O)(=O)c1ccc(NC(=O)COC(=O)c2cc(Cl)c(OC)c(OC)c2)cc1. The van der Waals surface area contributed by atoms with Gasteiger partial charge in [-0.15, -0.1) is 0 Å². The van der Waals surface area contributed by atoms with E-state index >= 15 is 0 Å². The molecule has 174 valence electrons. The van der Waals surface area contributed by atoms with Gasteiger partial charge in [0.25, 0.3) is 5.91 Å². The van der Waals surface area contributed by atoms with Crippen molar-refractivity contribution in [2.24, 2.45) is 0 Å². The van der Waals surface area contributed by atoms with Crippen LogP contribution in [0.25, 0.3) is 0 Å². The highest BCUT2D eigenvalue weighted by Crippen LogP contribution is 2.36. The van der Waals surface area contributed by atoms with Crippen molar-refractivity contribution in [2.45, 2.75) is 18.7 Å². The second-order valence-electron chi connectivity index (χ2n) is 6.43. The molecule has 0 aliphatic heterocycles. The molecule has 1 N–H and O–H groups in total. The van der Waals surface area contributed by atoms with Crippen molar-refractivity contribution in [3.63, 3.8) is 0 Å². The van der Waals surface area contributed by atoms with Crippen LogP contribution in [0.3, 0.4) is 0 Å². The van der Waals surface area contributed by atoms with Gasteiger partial charge in [-0.2, -0.15) is 4.31 Å². The molecule has 0 saturated carbocycles. The highest BCUT2D eigenvalue weighted by atomic mass is 35.5. The maximum Gasteiger partial charge on any atom is 0.338 e. The lowest BCUT2D eigenvalue weighted by atomic mass is 10.2. The molecule has 0 saturated heterocycles. The number of halogens is 1. The Balaban J connectivity index is 2.00. The zero-order valence-corrected chi connectivity index (χ0v) is 19.7. The molecule has 0 aliphatic rings. The van der Waals surface area contributed by atoms with E-state index in [0.717, 1.165) is 0 Å². The Labute approximate surface area is 192 Å². The molecule has 0 bridgehead atoms. The molecule has 0 radical (unpaired) electrons. The molecule has 0 aliphatic carbocycles. The van der Waals surface area contributed by atoms with Gasteiger partial charge in [0, 0.05) is 18.8 Å². The summed E-state index contributed by atoms with van der Waals surface area (Å²) in [5, 5.41) is 2.70. The van der Waals surface area contributed by atoms with Crippen molar-refractivity contribution in [2.75, 3.05) is 39.2 Å². The van der Waals surface area contributed by atoms with Crippen LogP contribution in [-0.4, -0.2) is 58.5 Å². The van der Waals surface area contributed by atoms with E-state index in [1.54, 1.807) is 13.8 Å². The summed E-state index contributed by atoms with van der Waals surface area (Å²) in [7, 11) is -0.779. The third kappa shape index (κ3) is 5.90. The third-order valence-corrected chi connectivity index (χ3v) is 6.83. The number of hydrogen-bond donors (Lipinski definition) is 1. The van der Waals surface area contributed by atoms with Crippen molar-refractivity contribution in [1.82, 2.24) is 4.31 Å². The van der Waals surface area contributed by atoms with Gasteiger partial charge in [-0.25, -0.2) is 13.2 Å². The number of carbonyl (C=O) groups is 2. The Morgan fingerprint density at radius 2 is 1.66 bits per heavy atom. The smallest absolute Gasteiger partial charge is 0.338 e. The topological polar surface area (TPSA) is 111 Å². The van der Waals surface area contributed by atoms with E-state index in [2.05, 4.69) is 5.32 Å². The van der Waals surface area contributed by atoms with Gasteiger partial charge in [-0.1, -0.05) is 25.4 Å². The maximum atomic E-state index is 12.5. The zero-order chi connectivity index (χ0) is 23.9. The lowest BCUT2D eigenvalue weighted by Crippen LogP contribution is -2.30. The Morgan fingerprint density at radius 3 is 2.19 bits per heavy atom. The van der Waals surface area contributed by atoms with Gasteiger partial charge >= 0.3 is 5.97 Å². The number of sulfonamides is 1. The van der Waals surface area contributed by atoms with Crippen LogP contribution in [0.5, 0.6) is 11.5 Å². The van der Waals surface area contributed by atoms with Crippen LogP contribution in [0, 0.1) is 0 Å². The molecule has 1 amide bonds. The van der Waals surface area contributed by atoms with Gasteiger partial charge < -0.3 is 19.5 Å². The van der Waals surface area contributed by atoms with E-state index < -0.39 is 28.5 Å². The molecule has 9 nitrogen and oxygen atoms in total. The van der Waals surface area contributed by atoms with E-state index in [1.807, 2.05) is 0 Å². The minimum Gasteiger partial charge on any atom is -0.493 e. The summed E-state index contributed by atoms with van der Waals surface area (Å²) >= 11 is 6.07. The molecule has 2 aromatic carbocycles. The molecular weight excluding hydrogens is 460 g/mol. The molecule has 2 aromatic rings. The molecule has 11 heteroatoms. The molecule has 32 heavy (non-hydrogen) atoms. The highest BCUT2D eigenvalue weighted by molar-refractivity contribution is 7.89. The lowest BCUT2D eigenvalue weighted by molar-refractivity contribution is -0.119. The predicted octanol–water partition coefficient (Wildman–Crippen LogP) is 3.18. The van der Waals surface area contributed by atoms with Gasteiger partial charge in [-0.3, -0.25) is 4.79 Å². The van der Waals surface area contributed by atoms with Gasteiger partial charge in [-0.05, 0) is 36.4 Å². The molecule has 0 fully saturated rings. The standard InChI is InChI=1S/C21H25ClN2O7S/c1-5-24(6-2)32(27,28)16-9-7-15(8-10-16)23-19(25)13-31-21(26)14-11-17(22)20(30-4)18(12-14)29-3/h7-12H,5-6,13H2,1-4H3,(H,23,25). The molecule has 0 heterocycles. The van der Waals surface area contributed by atoms with Crippen molar-refractivity contribution in [3.8, 4) is 11.5 Å². The number of hydrogen-bond acceptors (Lipinski definition) is 7. The summed E-state index contributed by atoms with van der Waals surface area (Å²) < 4.78 is 41.6. The van der Waals surface area contributed by atoms with E-state index in [-0.39, 0.29) is 27.0 Å². The van der Waals surface area contributed by atoms with E-state index in [9.17, 15) is 18.0 Å². The number of ether oxygens (including phenoxy) is 3. The summed E-state index contributed by atoms with van der Waals surface area (Å²) in [6.07, 6.45) is 0. The Hall–Kier alpha value is -2.82. The van der Waals surface area contributed by atoms with Crippen LogP contribution in [0.15, 0.2) is 41.3 Å². The number of nitrogens with one attached hydrogen (secondary N) is 1. The summed E-state index contributed by atoms with van der Waals surface area (Å²) in [4.78, 5) is 24.5. The Morgan fingerprint density at radius 1 is 1.03 bits per heavy atom. The van der Waals surface area contributed by atoms with Crippen molar-refractivity contribution in [3.05, 3.63) is 47.0 Å². The summed E-state index contributed by atoms with van der Waals surface area (Å²) in [5.74, 6) is -0.848. The first-order valence-electron chi connectivity index (χ1n) is 9.66. The molecule has 0 spiro atoms. The first kappa shape index (κ1) is 25.4. The summed E-state index contributed by atoms with van der Waals surface area (Å²) in [6, 6.07) is 8.47. The van der Waals surface area contributed by atoms with E-state index in [0.29, 0.717) is 18.8 Å². The van der Waals surface area contributed by atoms with Gasteiger partial charge in [0.2, 0.25) is 10.0 Å². The van der Waals surface area contributed by atoms with Gasteiger partial charge in [0.15, 0.2) is 18.1 Å². The monoisotopic (exact) mass is 484 g/mol. The number of nitrogens with zero attached hydrogens (tertiary/aromatic N) is 1. The minimum absolute atomic E-state index is 0.0893. The fraction of sp³-hybridized carbons (Fsp3) is 0.333. The first-order valence-corrected chi connectivity index (χ1v) is 11.5. The Bertz CT molecular complexity index is 1070. The van der Waals surface area contributed by atoms with Crippen molar-refractivity contribution in [1.29, 1.82) is 0 Å². The Kier molecular flexibility index (Phi) is 8.88. The van der Waals surface area contributed by atoms with E-state index in [4.69, 9.17) is 25.8 Å². The van der Waals surface area contributed by atoms with Crippen molar-refractivity contribution < 1.29 is 32.2 Å². The molecule has 0 unspecified atom stereocenters. The minimum atomic E-state index is -3.59. The van der Waals surface area contributed by atoms with Crippen LogP contribution in [0.4, 0.5) is 5.69 Å². The fourth-order valence-electron chi connectivity index (χ4n) is 2.87. The third-order valence-electron chi connectivity index (χ3n) is 4.48. The quantitative estimate of drug-likeness (QED) is 0.515. The largest absolute Gasteiger partial charge is 0.493 e. The van der Waals surface area contributed by atoms with Crippen LogP contribution in [0.1, 0.15) is 24.2 Å². The molecule has 2 rings (SSSR count). The summed E-state index contributed by atoms with van der Waals surface area (Å²) in [6.45, 7) is 3.67. The number of rotatable bonds is 10. The molecular formula is C21H25ClN2O7S. The maximum absolute atomic E-state index is 12.5. The second kappa shape index (κ2) is 11.2. The highest BCUT2D eigenvalue weighted by Gasteiger charge is 2.21. The average Bonchev–Trinajstić information content (AvgIpc) is 2.77. The fourth-order valence-corrected chi connectivity index (χ4v) is 4.62. The van der Waals surface area contributed by atoms with Crippen LogP contribution < -0.4 is 14.8 Å². The lowest BCUT2D eigenvalue weighted by Gasteiger charge is -2.18. The number of amides is 1. The second-order valence-corrected chi connectivity index (χ2v) is 8.78. The van der Waals surface area contributed by atoms with Crippen LogP contribution in [0.2, 0.25) is 5.02 Å². The van der Waals surface area contributed by atoms with Gasteiger partial charge in [0.05, 0.1) is 29.7 Å². The average molecular weight is 485 g/mol. The number of carbonyl (C=O) groups excluding carboxylic acids is 2. The van der Waals surface area contributed by atoms with Crippen LogP contribution in [-0.2, 0) is 19.6 Å². The summed E-state index contributed by atoms with van der Waals surface area (Å²) in [5.41, 5.74) is 0.449. The number of anilines is 1. The van der Waals surface area contributed by atoms with Gasteiger partial charge in [0.1, 0.15) is 0 Å². The number of methoxy groups -OCH3 is 2. The van der Waals surface area contributed by atoms with E-state index in [1.165, 1.54) is 54.9 Å². The normalized spacial score (nSPS) is 11.2. The zero-order valence-electron chi connectivity index (χ0n) is 18.2. The number of benzene rings is 2. The van der Waals surface area contributed by atoms with Crippen LogP contribution >= 0.6 is 11.6 Å². The van der Waals surface area contributed by atoms with Crippen molar-refractivity contribution >= 4 is 39.2 Å².